The number of halogens is 3. The van der Waals surface area contributed by atoms with Crippen LogP contribution in [0, 0.1) is 0 Å². The van der Waals surface area contributed by atoms with E-state index in [2.05, 4.69) is 10.4 Å². The van der Waals surface area contributed by atoms with Crippen LogP contribution in [-0.4, -0.2) is 21.5 Å². The van der Waals surface area contributed by atoms with Crippen LogP contribution in [0.15, 0.2) is 30.3 Å². The molecule has 0 spiro atoms. The zero-order valence-corrected chi connectivity index (χ0v) is 14.1. The number of rotatable bonds is 6. The van der Waals surface area contributed by atoms with Crippen molar-refractivity contribution in [1.82, 2.24) is 9.78 Å². The molecule has 3 rings (SSSR count). The fraction of sp³-hybridized carbons (Fsp3) is 0.389. The molecule has 138 valence electrons. The first-order valence-electron chi connectivity index (χ1n) is 8.30. The maximum absolute atomic E-state index is 12.9. The quantitative estimate of drug-likeness (QED) is 0.787. The molecule has 0 saturated heterocycles. The first-order valence-corrected chi connectivity index (χ1v) is 8.30. The molecule has 5 nitrogen and oxygen atoms in total. The highest BCUT2D eigenvalue weighted by Gasteiger charge is 2.37. The summed E-state index contributed by atoms with van der Waals surface area (Å²) in [5.74, 6) is -0.304. The van der Waals surface area contributed by atoms with Crippen molar-refractivity contribution in [2.45, 2.75) is 44.8 Å². The first kappa shape index (κ1) is 18.2. The van der Waals surface area contributed by atoms with Gasteiger partial charge in [-0.1, -0.05) is 0 Å². The van der Waals surface area contributed by atoms with E-state index in [1.54, 1.807) is 24.3 Å². The van der Waals surface area contributed by atoms with Crippen LogP contribution in [0.3, 0.4) is 0 Å². The van der Waals surface area contributed by atoms with Crippen molar-refractivity contribution in [3.63, 3.8) is 0 Å². The van der Waals surface area contributed by atoms with E-state index in [9.17, 15) is 22.8 Å². The molecule has 1 aromatic heterocycles. The van der Waals surface area contributed by atoms with Crippen LogP contribution in [0.25, 0.3) is 0 Å². The second-order valence-electron chi connectivity index (χ2n) is 6.38. The fourth-order valence-corrected chi connectivity index (χ4v) is 2.68. The maximum Gasteiger partial charge on any atom is 0.435 e. The number of nitrogens with zero attached hydrogens (tertiary/aromatic N) is 2. The van der Waals surface area contributed by atoms with Crippen LogP contribution < -0.4 is 5.32 Å². The van der Waals surface area contributed by atoms with Crippen molar-refractivity contribution in [3.05, 3.63) is 47.3 Å². The summed E-state index contributed by atoms with van der Waals surface area (Å²) >= 11 is 0. The third-order valence-electron chi connectivity index (χ3n) is 4.22. The van der Waals surface area contributed by atoms with E-state index in [4.69, 9.17) is 0 Å². The number of aromatic nitrogens is 2. The molecule has 0 bridgehead atoms. The van der Waals surface area contributed by atoms with Gasteiger partial charge >= 0.3 is 6.18 Å². The molecule has 1 amide bonds. The Bertz CT molecular complexity index is 821. The summed E-state index contributed by atoms with van der Waals surface area (Å²) in [6.07, 6.45) is -2.79. The van der Waals surface area contributed by atoms with Gasteiger partial charge in [0.25, 0.3) is 0 Å². The van der Waals surface area contributed by atoms with Crippen LogP contribution in [0.5, 0.6) is 0 Å². The Balaban J connectivity index is 1.62. The number of hydrogen-bond donors (Lipinski definition) is 1. The lowest BCUT2D eigenvalue weighted by Gasteiger charge is -2.08. The molecule has 1 aromatic carbocycles. The smallest absolute Gasteiger partial charge is 0.326 e. The van der Waals surface area contributed by atoms with Gasteiger partial charge < -0.3 is 5.32 Å². The Morgan fingerprint density at radius 1 is 1.23 bits per heavy atom. The molecule has 0 radical (unpaired) electrons. The van der Waals surface area contributed by atoms with Gasteiger partial charge in [-0.05, 0) is 50.1 Å². The minimum atomic E-state index is -4.49. The van der Waals surface area contributed by atoms with Gasteiger partial charge in [-0.2, -0.15) is 18.3 Å². The molecule has 8 heteroatoms. The van der Waals surface area contributed by atoms with Crippen molar-refractivity contribution in [2.24, 2.45) is 0 Å². The van der Waals surface area contributed by atoms with Crippen LogP contribution in [0.4, 0.5) is 18.9 Å². The average Bonchev–Trinajstić information content (AvgIpc) is 3.31. The number of amides is 1. The number of Topliss-reactive ketones (excluding diaryl/α,β-unsaturated/α-hetero) is 1. The maximum atomic E-state index is 12.9. The standard InChI is InChI=1S/C18H18F3N3O2/c1-11(25)12-4-6-14(7-5-12)22-17(26)8-9-24-15(13-2-3-13)10-16(23-24)18(19,20)21/h4-7,10,13H,2-3,8-9H2,1H3,(H,22,26). The summed E-state index contributed by atoms with van der Waals surface area (Å²) < 4.78 is 39.9. The molecule has 26 heavy (non-hydrogen) atoms. The summed E-state index contributed by atoms with van der Waals surface area (Å²) in [7, 11) is 0. The van der Waals surface area contributed by atoms with E-state index >= 15 is 0 Å². The molecule has 1 N–H and O–H groups in total. The normalized spacial score (nSPS) is 14.3. The number of anilines is 1. The molecule has 0 aliphatic heterocycles. The zero-order valence-electron chi connectivity index (χ0n) is 14.1. The SMILES string of the molecule is CC(=O)c1ccc(NC(=O)CCn2nc(C(F)(F)F)cc2C2CC2)cc1. The highest BCUT2D eigenvalue weighted by Crippen LogP contribution is 2.42. The summed E-state index contributed by atoms with van der Waals surface area (Å²) in [5.41, 5.74) is 0.683. The first-order chi connectivity index (χ1) is 12.2. The lowest BCUT2D eigenvalue weighted by Crippen LogP contribution is -2.16. The predicted molar refractivity (Wildman–Crippen MR) is 88.9 cm³/mol. The molecule has 1 heterocycles. The van der Waals surface area contributed by atoms with E-state index in [-0.39, 0.29) is 30.6 Å². The van der Waals surface area contributed by atoms with Gasteiger partial charge in [-0.3, -0.25) is 14.3 Å². The van der Waals surface area contributed by atoms with Gasteiger partial charge in [0.15, 0.2) is 11.5 Å². The number of aryl methyl sites for hydroxylation is 1. The topological polar surface area (TPSA) is 64.0 Å². The molecule has 1 aliphatic rings. The van der Waals surface area contributed by atoms with E-state index in [0.717, 1.165) is 18.9 Å². The van der Waals surface area contributed by atoms with Gasteiger partial charge in [-0.15, -0.1) is 0 Å². The van der Waals surface area contributed by atoms with Crippen LogP contribution >= 0.6 is 0 Å². The van der Waals surface area contributed by atoms with Crippen molar-refractivity contribution in [1.29, 1.82) is 0 Å². The summed E-state index contributed by atoms with van der Waals surface area (Å²) in [6.45, 7) is 1.53. The minimum Gasteiger partial charge on any atom is -0.326 e. The molecule has 1 fully saturated rings. The minimum absolute atomic E-state index is 0.00710. The molecular weight excluding hydrogens is 347 g/mol. The zero-order chi connectivity index (χ0) is 18.9. The van der Waals surface area contributed by atoms with Gasteiger partial charge in [0.1, 0.15) is 0 Å². The third-order valence-corrected chi connectivity index (χ3v) is 4.22. The van der Waals surface area contributed by atoms with Gasteiger partial charge in [-0.25, -0.2) is 0 Å². The molecule has 1 saturated carbocycles. The fourth-order valence-electron chi connectivity index (χ4n) is 2.68. The number of carbonyl (C=O) groups is 2. The van der Waals surface area contributed by atoms with Crippen molar-refractivity contribution in [3.8, 4) is 0 Å². The molecular formula is C18H18F3N3O2. The average molecular weight is 365 g/mol. The Kier molecular flexibility index (Phi) is 4.84. The number of hydrogen-bond acceptors (Lipinski definition) is 3. The number of alkyl halides is 3. The van der Waals surface area contributed by atoms with Gasteiger partial charge in [0, 0.05) is 35.8 Å². The summed E-state index contributed by atoms with van der Waals surface area (Å²) in [5, 5.41) is 6.29. The lowest BCUT2D eigenvalue weighted by molar-refractivity contribution is -0.141. The second-order valence-corrected chi connectivity index (χ2v) is 6.38. The van der Waals surface area contributed by atoms with E-state index in [0.29, 0.717) is 16.9 Å². The van der Waals surface area contributed by atoms with Crippen LogP contribution in [0.2, 0.25) is 0 Å². The monoisotopic (exact) mass is 365 g/mol. The summed E-state index contributed by atoms with van der Waals surface area (Å²) in [4.78, 5) is 23.3. The largest absolute Gasteiger partial charge is 0.435 e. The molecule has 0 unspecified atom stereocenters. The van der Waals surface area contributed by atoms with E-state index in [1.165, 1.54) is 11.6 Å². The van der Waals surface area contributed by atoms with E-state index < -0.39 is 11.9 Å². The number of nitrogens with one attached hydrogen (secondary N) is 1. The van der Waals surface area contributed by atoms with E-state index in [1.807, 2.05) is 0 Å². The predicted octanol–water partition coefficient (Wildman–Crippen LogP) is 4.01. The highest BCUT2D eigenvalue weighted by atomic mass is 19.4. The molecule has 0 atom stereocenters. The van der Waals surface area contributed by atoms with Gasteiger partial charge in [0.05, 0.1) is 0 Å². The van der Waals surface area contributed by atoms with Crippen molar-refractivity contribution < 1.29 is 22.8 Å². The molecule has 2 aromatic rings. The number of carbonyl (C=O) groups excluding carboxylic acids is 2. The Hall–Kier alpha value is -2.64. The Morgan fingerprint density at radius 2 is 1.88 bits per heavy atom. The van der Waals surface area contributed by atoms with Crippen LogP contribution in [0.1, 0.15) is 53.8 Å². The Labute approximate surface area is 148 Å². The number of benzene rings is 1. The Morgan fingerprint density at radius 3 is 2.42 bits per heavy atom. The number of ketones is 1. The van der Waals surface area contributed by atoms with Gasteiger partial charge in [0.2, 0.25) is 5.91 Å². The van der Waals surface area contributed by atoms with Crippen molar-refractivity contribution in [2.75, 3.05) is 5.32 Å². The highest BCUT2D eigenvalue weighted by molar-refractivity contribution is 5.95. The lowest BCUT2D eigenvalue weighted by atomic mass is 10.1. The second kappa shape index (κ2) is 6.93. The van der Waals surface area contributed by atoms with Crippen molar-refractivity contribution >= 4 is 17.4 Å². The summed E-state index contributed by atoms with van der Waals surface area (Å²) in [6, 6.07) is 7.51. The van der Waals surface area contributed by atoms with Crippen LogP contribution in [-0.2, 0) is 17.5 Å². The molecule has 1 aliphatic carbocycles. The third kappa shape index (κ3) is 4.30.